The molecule has 0 aromatic carbocycles. The lowest BCUT2D eigenvalue weighted by Crippen LogP contribution is -2.18. The van der Waals surface area contributed by atoms with Gasteiger partial charge in [-0.3, -0.25) is 0 Å². The Morgan fingerprint density at radius 1 is 1.33 bits per heavy atom. The molecular formula is C16H18ClN3O. The second kappa shape index (κ2) is 5.54. The highest BCUT2D eigenvalue weighted by molar-refractivity contribution is 6.30. The predicted molar refractivity (Wildman–Crippen MR) is 83.6 cm³/mol. The van der Waals surface area contributed by atoms with Crippen molar-refractivity contribution >= 4 is 17.2 Å². The van der Waals surface area contributed by atoms with Gasteiger partial charge in [-0.25, -0.2) is 4.98 Å². The SMILES string of the molecule is Cc1cc(C(C)NCc2cn3cc(Cl)ccc3n2)c(C)o1. The maximum absolute atomic E-state index is 5.98. The zero-order chi connectivity index (χ0) is 15.0. The first-order valence-corrected chi connectivity index (χ1v) is 7.34. The van der Waals surface area contributed by atoms with Crippen LogP contribution in [-0.2, 0) is 6.54 Å². The van der Waals surface area contributed by atoms with E-state index in [0.29, 0.717) is 11.6 Å². The Labute approximate surface area is 128 Å². The second-order valence-corrected chi connectivity index (χ2v) is 5.75. The molecule has 0 fully saturated rings. The highest BCUT2D eigenvalue weighted by atomic mass is 35.5. The first kappa shape index (κ1) is 14.2. The molecule has 0 saturated carbocycles. The quantitative estimate of drug-likeness (QED) is 0.790. The van der Waals surface area contributed by atoms with Gasteiger partial charge in [-0.15, -0.1) is 0 Å². The number of fused-ring (bicyclic) bond motifs is 1. The Bertz CT molecular complexity index is 775. The predicted octanol–water partition coefficient (Wildman–Crippen LogP) is 4.05. The zero-order valence-electron chi connectivity index (χ0n) is 12.4. The van der Waals surface area contributed by atoms with Crippen molar-refractivity contribution in [1.82, 2.24) is 14.7 Å². The standard InChI is InChI=1S/C16H18ClN3O/c1-10-6-15(12(3)21-10)11(2)18-7-14-9-20-8-13(17)4-5-16(20)19-14/h4-6,8-9,11,18H,7H2,1-3H3. The maximum atomic E-state index is 5.98. The van der Waals surface area contributed by atoms with Gasteiger partial charge < -0.3 is 14.1 Å². The minimum Gasteiger partial charge on any atom is -0.466 e. The van der Waals surface area contributed by atoms with Gasteiger partial charge >= 0.3 is 0 Å². The molecule has 1 N–H and O–H groups in total. The number of hydrogen-bond donors (Lipinski definition) is 1. The molecule has 0 aliphatic heterocycles. The highest BCUT2D eigenvalue weighted by Crippen LogP contribution is 2.21. The number of aromatic nitrogens is 2. The van der Waals surface area contributed by atoms with Crippen molar-refractivity contribution in [3.63, 3.8) is 0 Å². The van der Waals surface area contributed by atoms with E-state index in [4.69, 9.17) is 16.0 Å². The summed E-state index contributed by atoms with van der Waals surface area (Å²) in [6.45, 7) is 6.79. The molecule has 5 heteroatoms. The minimum absolute atomic E-state index is 0.218. The third-order valence-corrected chi connectivity index (χ3v) is 3.82. The lowest BCUT2D eigenvalue weighted by Gasteiger charge is -2.11. The van der Waals surface area contributed by atoms with Crippen LogP contribution in [0, 0.1) is 13.8 Å². The maximum Gasteiger partial charge on any atom is 0.137 e. The Morgan fingerprint density at radius 3 is 2.86 bits per heavy atom. The number of aryl methyl sites for hydroxylation is 2. The van der Waals surface area contributed by atoms with Gasteiger partial charge in [0.2, 0.25) is 0 Å². The molecule has 0 amide bonds. The van der Waals surface area contributed by atoms with Crippen LogP contribution in [0.5, 0.6) is 0 Å². The van der Waals surface area contributed by atoms with Crippen molar-refractivity contribution in [1.29, 1.82) is 0 Å². The van der Waals surface area contributed by atoms with Gasteiger partial charge in [0.15, 0.2) is 0 Å². The zero-order valence-corrected chi connectivity index (χ0v) is 13.1. The molecule has 3 aromatic heterocycles. The Balaban J connectivity index is 1.72. The van der Waals surface area contributed by atoms with Gasteiger partial charge in [0, 0.05) is 30.5 Å². The summed E-state index contributed by atoms with van der Waals surface area (Å²) in [5.74, 6) is 1.91. The van der Waals surface area contributed by atoms with Gasteiger partial charge in [0.1, 0.15) is 17.2 Å². The van der Waals surface area contributed by atoms with Crippen LogP contribution in [-0.4, -0.2) is 9.38 Å². The van der Waals surface area contributed by atoms with Gasteiger partial charge in [0.25, 0.3) is 0 Å². The molecule has 1 unspecified atom stereocenters. The second-order valence-electron chi connectivity index (χ2n) is 5.32. The van der Waals surface area contributed by atoms with Crippen LogP contribution in [0.3, 0.4) is 0 Å². The van der Waals surface area contributed by atoms with E-state index in [-0.39, 0.29) is 6.04 Å². The highest BCUT2D eigenvalue weighted by Gasteiger charge is 2.12. The summed E-state index contributed by atoms with van der Waals surface area (Å²) < 4.78 is 7.52. The van der Waals surface area contributed by atoms with Crippen LogP contribution in [0.4, 0.5) is 0 Å². The topological polar surface area (TPSA) is 42.5 Å². The fourth-order valence-electron chi connectivity index (χ4n) is 2.55. The lowest BCUT2D eigenvalue weighted by atomic mass is 10.1. The van der Waals surface area contributed by atoms with E-state index in [1.807, 2.05) is 42.8 Å². The van der Waals surface area contributed by atoms with E-state index >= 15 is 0 Å². The molecule has 0 radical (unpaired) electrons. The van der Waals surface area contributed by atoms with Crippen molar-refractivity contribution in [2.45, 2.75) is 33.4 Å². The fourth-order valence-corrected chi connectivity index (χ4v) is 2.72. The van der Waals surface area contributed by atoms with Crippen LogP contribution in [0.2, 0.25) is 5.02 Å². The van der Waals surface area contributed by atoms with E-state index in [1.165, 1.54) is 5.56 Å². The first-order valence-electron chi connectivity index (χ1n) is 6.96. The van der Waals surface area contributed by atoms with Gasteiger partial charge in [-0.05, 0) is 39.0 Å². The molecule has 0 saturated heterocycles. The lowest BCUT2D eigenvalue weighted by molar-refractivity contribution is 0.489. The molecule has 3 rings (SSSR count). The molecule has 0 bridgehead atoms. The number of halogens is 1. The van der Waals surface area contributed by atoms with Crippen LogP contribution in [0.15, 0.2) is 35.0 Å². The van der Waals surface area contributed by atoms with Crippen molar-refractivity contribution in [3.8, 4) is 0 Å². The number of furan rings is 1. The van der Waals surface area contributed by atoms with Crippen LogP contribution < -0.4 is 5.32 Å². The summed E-state index contributed by atoms with van der Waals surface area (Å²) in [4.78, 5) is 4.57. The molecule has 0 aliphatic rings. The third-order valence-electron chi connectivity index (χ3n) is 3.60. The number of imidazole rings is 1. The molecule has 0 aliphatic carbocycles. The van der Waals surface area contributed by atoms with E-state index in [2.05, 4.69) is 23.3 Å². The number of pyridine rings is 1. The van der Waals surface area contributed by atoms with Crippen LogP contribution in [0.25, 0.3) is 5.65 Å². The van der Waals surface area contributed by atoms with Crippen molar-refractivity contribution in [3.05, 3.63) is 58.4 Å². The molecular weight excluding hydrogens is 286 g/mol. The van der Waals surface area contributed by atoms with E-state index in [0.717, 1.165) is 22.9 Å². The number of nitrogens with one attached hydrogen (secondary N) is 1. The summed E-state index contributed by atoms with van der Waals surface area (Å²) in [5.41, 5.74) is 3.08. The van der Waals surface area contributed by atoms with Crippen molar-refractivity contribution < 1.29 is 4.42 Å². The molecule has 110 valence electrons. The normalized spacial score (nSPS) is 13.0. The van der Waals surface area contributed by atoms with Gasteiger partial charge in [-0.2, -0.15) is 0 Å². The molecule has 21 heavy (non-hydrogen) atoms. The average molecular weight is 304 g/mol. The molecule has 3 aromatic rings. The van der Waals surface area contributed by atoms with E-state index in [9.17, 15) is 0 Å². The van der Waals surface area contributed by atoms with E-state index in [1.54, 1.807) is 0 Å². The minimum atomic E-state index is 0.218. The molecule has 3 heterocycles. The summed E-state index contributed by atoms with van der Waals surface area (Å²) >= 11 is 5.98. The number of nitrogens with zero attached hydrogens (tertiary/aromatic N) is 2. The Morgan fingerprint density at radius 2 is 2.14 bits per heavy atom. The Kier molecular flexibility index (Phi) is 3.74. The van der Waals surface area contributed by atoms with Crippen molar-refractivity contribution in [2.75, 3.05) is 0 Å². The van der Waals surface area contributed by atoms with Crippen LogP contribution in [0.1, 0.15) is 35.7 Å². The first-order chi connectivity index (χ1) is 10.0. The summed E-state index contributed by atoms with van der Waals surface area (Å²) in [5, 5.41) is 4.18. The summed E-state index contributed by atoms with van der Waals surface area (Å²) in [7, 11) is 0. The average Bonchev–Trinajstić information content (AvgIpc) is 2.98. The monoisotopic (exact) mass is 303 g/mol. The van der Waals surface area contributed by atoms with Crippen molar-refractivity contribution in [2.24, 2.45) is 0 Å². The largest absolute Gasteiger partial charge is 0.466 e. The molecule has 4 nitrogen and oxygen atoms in total. The molecule has 0 spiro atoms. The third kappa shape index (κ3) is 2.96. The smallest absolute Gasteiger partial charge is 0.137 e. The Hall–Kier alpha value is -1.78. The number of rotatable bonds is 4. The van der Waals surface area contributed by atoms with Gasteiger partial charge in [-0.1, -0.05) is 11.6 Å². The summed E-state index contributed by atoms with van der Waals surface area (Å²) in [6.07, 6.45) is 3.86. The van der Waals surface area contributed by atoms with Crippen LogP contribution >= 0.6 is 11.6 Å². The number of hydrogen-bond acceptors (Lipinski definition) is 3. The molecule has 1 atom stereocenters. The van der Waals surface area contributed by atoms with Gasteiger partial charge in [0.05, 0.1) is 10.7 Å². The summed E-state index contributed by atoms with van der Waals surface area (Å²) in [6, 6.07) is 6.06. The fraction of sp³-hybridized carbons (Fsp3) is 0.312. The van der Waals surface area contributed by atoms with E-state index < -0.39 is 0 Å².